The number of sulfonamides is 1. The van der Waals surface area contributed by atoms with Crippen LogP contribution in [0.1, 0.15) is 35.4 Å². The van der Waals surface area contributed by atoms with Crippen LogP contribution in [-0.4, -0.2) is 41.5 Å². The van der Waals surface area contributed by atoms with Gasteiger partial charge < -0.3 is 9.73 Å². The molecule has 2 aromatic heterocycles. The van der Waals surface area contributed by atoms with Crippen molar-refractivity contribution in [2.24, 2.45) is 0 Å². The fourth-order valence-electron chi connectivity index (χ4n) is 4.17. The number of hydrogen-bond donors (Lipinski definition) is 1. The van der Waals surface area contributed by atoms with Gasteiger partial charge in [-0.3, -0.25) is 4.79 Å². The first kappa shape index (κ1) is 23.1. The van der Waals surface area contributed by atoms with Crippen LogP contribution in [0.25, 0.3) is 16.9 Å². The molecule has 0 bridgehead atoms. The highest BCUT2D eigenvalue weighted by atomic mass is 32.2. The molecule has 1 aliphatic heterocycles. The van der Waals surface area contributed by atoms with Crippen molar-refractivity contribution in [2.45, 2.75) is 30.9 Å². The highest BCUT2D eigenvalue weighted by Crippen LogP contribution is 2.25. The lowest BCUT2D eigenvalue weighted by molar-refractivity contribution is 0.0917. The molecule has 0 unspecified atom stereocenters. The van der Waals surface area contributed by atoms with E-state index in [1.54, 1.807) is 4.68 Å². The summed E-state index contributed by atoms with van der Waals surface area (Å²) in [6.45, 7) is 1.14. The van der Waals surface area contributed by atoms with Gasteiger partial charge in [-0.2, -0.15) is 9.40 Å². The van der Waals surface area contributed by atoms with Gasteiger partial charge in [-0.05, 0) is 37.1 Å². The second-order valence-corrected chi connectivity index (χ2v) is 10.3. The normalized spacial score (nSPS) is 14.6. The van der Waals surface area contributed by atoms with Crippen LogP contribution in [0, 0.1) is 0 Å². The molecule has 9 heteroatoms. The Morgan fingerprint density at radius 2 is 1.60 bits per heavy atom. The molecule has 5 rings (SSSR count). The monoisotopic (exact) mass is 490 g/mol. The zero-order valence-electron chi connectivity index (χ0n) is 19.1. The van der Waals surface area contributed by atoms with Crippen LogP contribution in [-0.2, 0) is 16.6 Å². The minimum atomic E-state index is -3.74. The second-order valence-electron chi connectivity index (χ2n) is 8.42. The smallest absolute Gasteiger partial charge is 0.287 e. The number of rotatable bonds is 7. The average Bonchev–Trinajstić information content (AvgIpc) is 3.58. The molecule has 0 atom stereocenters. The zero-order valence-corrected chi connectivity index (χ0v) is 19.9. The van der Waals surface area contributed by atoms with Crippen molar-refractivity contribution in [3.63, 3.8) is 0 Å². The highest BCUT2D eigenvalue weighted by Gasteiger charge is 2.29. The van der Waals surface area contributed by atoms with Gasteiger partial charge in [0.1, 0.15) is 0 Å². The maximum atomic E-state index is 12.8. The molecule has 0 radical (unpaired) electrons. The Morgan fingerprint density at radius 3 is 2.31 bits per heavy atom. The molecule has 1 amide bonds. The van der Waals surface area contributed by atoms with Crippen LogP contribution >= 0.6 is 0 Å². The lowest BCUT2D eigenvalue weighted by Gasteiger charge is -2.24. The van der Waals surface area contributed by atoms with Crippen molar-refractivity contribution < 1.29 is 17.6 Å². The standard InChI is InChI=1S/C26H26N4O4S/c31-26(23-14-15-24(34-23)35(32,33)29-16-8-3-9-17-29)27-18-21-19-30(22-12-6-2-7-13-22)28-25(21)20-10-4-1-5-11-20/h1-2,4-7,10-15,19H,3,8-9,16-18H2,(H,27,31). The number of benzene rings is 2. The third kappa shape index (κ3) is 4.91. The first-order valence-corrected chi connectivity index (χ1v) is 13.0. The quantitative estimate of drug-likeness (QED) is 0.418. The fourth-order valence-corrected chi connectivity index (χ4v) is 5.60. The molecule has 4 aromatic rings. The summed E-state index contributed by atoms with van der Waals surface area (Å²) in [7, 11) is -3.74. The lowest BCUT2D eigenvalue weighted by Crippen LogP contribution is -2.35. The molecular weight excluding hydrogens is 464 g/mol. The van der Waals surface area contributed by atoms with E-state index >= 15 is 0 Å². The van der Waals surface area contributed by atoms with Crippen LogP contribution in [0.5, 0.6) is 0 Å². The van der Waals surface area contributed by atoms with Gasteiger partial charge in [-0.15, -0.1) is 0 Å². The van der Waals surface area contributed by atoms with E-state index in [4.69, 9.17) is 9.52 Å². The number of carbonyl (C=O) groups is 1. The number of aromatic nitrogens is 2. The molecule has 180 valence electrons. The zero-order chi connectivity index (χ0) is 24.3. The van der Waals surface area contributed by atoms with Crippen LogP contribution in [0.3, 0.4) is 0 Å². The highest BCUT2D eigenvalue weighted by molar-refractivity contribution is 7.89. The molecule has 1 aliphatic rings. The Morgan fingerprint density at radius 1 is 0.914 bits per heavy atom. The molecule has 35 heavy (non-hydrogen) atoms. The van der Waals surface area contributed by atoms with E-state index in [1.165, 1.54) is 16.4 Å². The van der Waals surface area contributed by atoms with Gasteiger partial charge in [0.2, 0.25) is 5.09 Å². The van der Waals surface area contributed by atoms with Gasteiger partial charge in [0.05, 0.1) is 11.4 Å². The Bertz CT molecular complexity index is 1410. The number of para-hydroxylation sites is 1. The van der Waals surface area contributed by atoms with Crippen molar-refractivity contribution in [1.29, 1.82) is 0 Å². The first-order chi connectivity index (χ1) is 17.0. The molecule has 2 aromatic carbocycles. The largest absolute Gasteiger partial charge is 0.438 e. The number of carbonyl (C=O) groups excluding carboxylic acids is 1. The predicted molar refractivity (Wildman–Crippen MR) is 131 cm³/mol. The van der Waals surface area contributed by atoms with Crippen LogP contribution in [0.4, 0.5) is 0 Å². The van der Waals surface area contributed by atoms with Crippen molar-refractivity contribution in [3.05, 3.63) is 90.3 Å². The predicted octanol–water partition coefficient (Wildman–Crippen LogP) is 4.24. The van der Waals surface area contributed by atoms with E-state index in [1.807, 2.05) is 66.9 Å². The topological polar surface area (TPSA) is 97.4 Å². The van der Waals surface area contributed by atoms with Crippen LogP contribution in [0.15, 0.2) is 88.5 Å². The summed E-state index contributed by atoms with van der Waals surface area (Å²) < 4.78 is 34.3. The van der Waals surface area contributed by atoms with Gasteiger partial charge in [-0.25, -0.2) is 13.1 Å². The van der Waals surface area contributed by atoms with Crippen molar-refractivity contribution >= 4 is 15.9 Å². The van der Waals surface area contributed by atoms with Gasteiger partial charge in [0, 0.05) is 37.0 Å². The van der Waals surface area contributed by atoms with Gasteiger partial charge in [0.15, 0.2) is 5.76 Å². The molecular formula is C26H26N4O4S. The summed E-state index contributed by atoms with van der Waals surface area (Å²) in [4.78, 5) is 12.8. The number of nitrogens with zero attached hydrogens (tertiary/aromatic N) is 3. The fraction of sp³-hybridized carbons (Fsp3) is 0.231. The maximum Gasteiger partial charge on any atom is 0.287 e. The van der Waals surface area contributed by atoms with Crippen molar-refractivity contribution in [2.75, 3.05) is 13.1 Å². The molecule has 0 spiro atoms. The van der Waals surface area contributed by atoms with Crippen molar-refractivity contribution in [1.82, 2.24) is 19.4 Å². The summed E-state index contributed by atoms with van der Waals surface area (Å²) in [5.74, 6) is -0.533. The maximum absolute atomic E-state index is 12.8. The number of amides is 1. The van der Waals surface area contributed by atoms with E-state index in [-0.39, 0.29) is 17.4 Å². The van der Waals surface area contributed by atoms with Gasteiger partial charge in [-0.1, -0.05) is 55.0 Å². The Hall–Kier alpha value is -3.69. The minimum absolute atomic E-state index is 0.0442. The number of piperidine rings is 1. The third-order valence-corrected chi connectivity index (χ3v) is 7.78. The van der Waals surface area contributed by atoms with Crippen LogP contribution < -0.4 is 5.32 Å². The number of hydrogen-bond acceptors (Lipinski definition) is 5. The minimum Gasteiger partial charge on any atom is -0.438 e. The summed E-state index contributed by atoms with van der Waals surface area (Å²) in [6.07, 6.45) is 4.55. The van der Waals surface area contributed by atoms with E-state index in [0.29, 0.717) is 13.1 Å². The van der Waals surface area contributed by atoms with E-state index in [2.05, 4.69) is 5.32 Å². The molecule has 1 saturated heterocycles. The Kier molecular flexibility index (Phi) is 6.52. The van der Waals surface area contributed by atoms with Gasteiger partial charge in [0.25, 0.3) is 15.9 Å². The summed E-state index contributed by atoms with van der Waals surface area (Å²) >= 11 is 0. The Labute approximate surface area is 204 Å². The molecule has 1 fully saturated rings. The molecule has 1 N–H and O–H groups in total. The van der Waals surface area contributed by atoms with Gasteiger partial charge >= 0.3 is 0 Å². The van der Waals surface area contributed by atoms with E-state index in [9.17, 15) is 13.2 Å². The third-order valence-electron chi connectivity index (χ3n) is 6.01. The van der Waals surface area contributed by atoms with Crippen LogP contribution in [0.2, 0.25) is 0 Å². The average molecular weight is 491 g/mol. The molecule has 0 aliphatic carbocycles. The van der Waals surface area contributed by atoms with E-state index < -0.39 is 15.9 Å². The first-order valence-electron chi connectivity index (χ1n) is 11.6. The summed E-state index contributed by atoms with van der Waals surface area (Å²) in [5.41, 5.74) is 3.41. The second kappa shape index (κ2) is 9.89. The van der Waals surface area contributed by atoms with Crippen molar-refractivity contribution in [3.8, 4) is 16.9 Å². The number of nitrogens with one attached hydrogen (secondary N) is 1. The Balaban J connectivity index is 1.35. The SMILES string of the molecule is O=C(NCc1cn(-c2ccccc2)nc1-c1ccccc1)c1ccc(S(=O)(=O)N2CCCCC2)o1. The van der Waals surface area contributed by atoms with E-state index in [0.717, 1.165) is 41.8 Å². The lowest BCUT2D eigenvalue weighted by atomic mass is 10.1. The molecule has 8 nitrogen and oxygen atoms in total. The summed E-state index contributed by atoms with van der Waals surface area (Å²) in [5, 5.41) is 7.38. The summed E-state index contributed by atoms with van der Waals surface area (Å²) in [6, 6.07) is 22.2. The molecule has 3 heterocycles. The number of furan rings is 1. The molecule has 0 saturated carbocycles.